The SMILES string of the molecule is CC1=CCC(C)C(C)(C)C1C(=O)O. The van der Waals surface area contributed by atoms with Gasteiger partial charge < -0.3 is 5.11 Å². The molecule has 2 nitrogen and oxygen atoms in total. The Kier molecular flexibility index (Phi) is 2.51. The molecule has 0 saturated carbocycles. The van der Waals surface area contributed by atoms with Crippen LogP contribution in [-0.4, -0.2) is 11.1 Å². The lowest BCUT2D eigenvalue weighted by molar-refractivity contribution is -0.145. The maximum Gasteiger partial charge on any atom is 0.311 e. The third kappa shape index (κ3) is 1.62. The van der Waals surface area contributed by atoms with Crippen LogP contribution in [0.15, 0.2) is 11.6 Å². The Morgan fingerprint density at radius 2 is 2.15 bits per heavy atom. The molecule has 0 heterocycles. The van der Waals surface area contributed by atoms with E-state index in [9.17, 15) is 4.79 Å². The average molecular weight is 182 g/mol. The summed E-state index contributed by atoms with van der Waals surface area (Å²) in [6.07, 6.45) is 3.07. The van der Waals surface area contributed by atoms with E-state index in [2.05, 4.69) is 13.0 Å². The van der Waals surface area contributed by atoms with Gasteiger partial charge in [-0.2, -0.15) is 0 Å². The molecule has 0 aliphatic heterocycles. The normalized spacial score (nSPS) is 32.5. The molecule has 0 spiro atoms. The second-order valence-electron chi connectivity index (χ2n) is 4.68. The first-order chi connectivity index (χ1) is 5.87. The van der Waals surface area contributed by atoms with Crippen molar-refractivity contribution in [3.8, 4) is 0 Å². The van der Waals surface area contributed by atoms with Crippen molar-refractivity contribution in [3.63, 3.8) is 0 Å². The van der Waals surface area contributed by atoms with Crippen LogP contribution in [0.1, 0.15) is 34.1 Å². The Morgan fingerprint density at radius 3 is 2.54 bits per heavy atom. The van der Waals surface area contributed by atoms with Gasteiger partial charge in [0.1, 0.15) is 0 Å². The van der Waals surface area contributed by atoms with Crippen molar-refractivity contribution in [2.75, 3.05) is 0 Å². The van der Waals surface area contributed by atoms with Gasteiger partial charge in [-0.15, -0.1) is 0 Å². The first-order valence-corrected chi connectivity index (χ1v) is 4.76. The molecule has 2 unspecified atom stereocenters. The molecule has 1 aliphatic carbocycles. The van der Waals surface area contributed by atoms with E-state index in [1.54, 1.807) is 0 Å². The van der Waals surface area contributed by atoms with Crippen LogP contribution >= 0.6 is 0 Å². The van der Waals surface area contributed by atoms with Crippen molar-refractivity contribution >= 4 is 5.97 Å². The Labute approximate surface area is 79.6 Å². The summed E-state index contributed by atoms with van der Waals surface area (Å²) in [5.74, 6) is -0.557. The van der Waals surface area contributed by atoms with Crippen LogP contribution in [-0.2, 0) is 4.79 Å². The molecule has 0 bridgehead atoms. The predicted molar refractivity (Wildman–Crippen MR) is 52.4 cm³/mol. The zero-order chi connectivity index (χ0) is 10.2. The maximum atomic E-state index is 11.1. The number of aliphatic carboxylic acids is 1. The van der Waals surface area contributed by atoms with E-state index in [4.69, 9.17) is 5.11 Å². The van der Waals surface area contributed by atoms with Gasteiger partial charge in [0.05, 0.1) is 5.92 Å². The lowest BCUT2D eigenvalue weighted by atomic mass is 9.63. The summed E-state index contributed by atoms with van der Waals surface area (Å²) in [6.45, 7) is 8.14. The summed E-state index contributed by atoms with van der Waals surface area (Å²) in [5.41, 5.74) is 0.889. The molecule has 0 radical (unpaired) electrons. The minimum absolute atomic E-state index is 0.120. The van der Waals surface area contributed by atoms with Gasteiger partial charge in [0.2, 0.25) is 0 Å². The van der Waals surface area contributed by atoms with Gasteiger partial charge in [-0.25, -0.2) is 0 Å². The zero-order valence-electron chi connectivity index (χ0n) is 8.79. The maximum absolute atomic E-state index is 11.1. The van der Waals surface area contributed by atoms with Crippen LogP contribution in [0.5, 0.6) is 0 Å². The van der Waals surface area contributed by atoms with Crippen LogP contribution in [0.3, 0.4) is 0 Å². The first kappa shape index (κ1) is 10.3. The van der Waals surface area contributed by atoms with E-state index in [1.807, 2.05) is 20.8 Å². The van der Waals surface area contributed by atoms with Gasteiger partial charge in [0.25, 0.3) is 0 Å². The molecule has 2 atom stereocenters. The number of carboxylic acids is 1. The molecule has 13 heavy (non-hydrogen) atoms. The van der Waals surface area contributed by atoms with E-state index in [-0.39, 0.29) is 11.3 Å². The van der Waals surface area contributed by atoms with Crippen molar-refractivity contribution in [1.82, 2.24) is 0 Å². The Balaban J connectivity index is 3.06. The average Bonchev–Trinajstić information content (AvgIpc) is 1.96. The monoisotopic (exact) mass is 182 g/mol. The molecule has 1 rings (SSSR count). The molecular formula is C11H18O2. The minimum Gasteiger partial charge on any atom is -0.481 e. The Hall–Kier alpha value is -0.790. The van der Waals surface area contributed by atoms with Crippen LogP contribution in [0, 0.1) is 17.3 Å². The highest BCUT2D eigenvalue weighted by atomic mass is 16.4. The smallest absolute Gasteiger partial charge is 0.311 e. The third-order valence-corrected chi connectivity index (χ3v) is 3.51. The van der Waals surface area contributed by atoms with Crippen LogP contribution in [0.25, 0.3) is 0 Å². The van der Waals surface area contributed by atoms with Crippen LogP contribution in [0.2, 0.25) is 0 Å². The number of rotatable bonds is 1. The first-order valence-electron chi connectivity index (χ1n) is 4.76. The summed E-state index contributed by atoms with van der Waals surface area (Å²) in [5, 5.41) is 9.12. The molecule has 0 aromatic heterocycles. The van der Waals surface area contributed by atoms with Crippen molar-refractivity contribution < 1.29 is 9.90 Å². The lowest BCUT2D eigenvalue weighted by Gasteiger charge is -2.40. The van der Waals surface area contributed by atoms with Gasteiger partial charge in [-0.1, -0.05) is 32.4 Å². The number of carbonyl (C=O) groups is 1. The molecule has 0 aromatic carbocycles. The van der Waals surface area contributed by atoms with Gasteiger partial charge in [-0.3, -0.25) is 4.79 Å². The van der Waals surface area contributed by atoms with Gasteiger partial charge >= 0.3 is 5.97 Å². The van der Waals surface area contributed by atoms with E-state index < -0.39 is 5.97 Å². The number of hydrogen-bond acceptors (Lipinski definition) is 1. The summed E-state index contributed by atoms with van der Waals surface area (Å²) in [6, 6.07) is 0. The highest BCUT2D eigenvalue weighted by Gasteiger charge is 2.42. The lowest BCUT2D eigenvalue weighted by Crippen LogP contribution is -2.39. The van der Waals surface area contributed by atoms with E-state index in [0.29, 0.717) is 5.92 Å². The molecule has 0 fully saturated rings. The molecular weight excluding hydrogens is 164 g/mol. The molecule has 0 saturated heterocycles. The van der Waals surface area contributed by atoms with E-state index in [0.717, 1.165) is 12.0 Å². The fourth-order valence-electron chi connectivity index (χ4n) is 2.17. The Bertz CT molecular complexity index is 251. The standard InChI is InChI=1S/C11H18O2/c1-7-5-6-8(2)11(3,4)9(7)10(12)13/h5,8-9H,6H2,1-4H3,(H,12,13). The predicted octanol–water partition coefficient (Wildman–Crippen LogP) is 2.70. The summed E-state index contributed by atoms with van der Waals surface area (Å²) >= 11 is 0. The number of carboxylic acid groups (broad SMARTS) is 1. The zero-order valence-corrected chi connectivity index (χ0v) is 8.79. The summed E-state index contributed by atoms with van der Waals surface area (Å²) in [4.78, 5) is 11.1. The molecule has 74 valence electrons. The second kappa shape index (κ2) is 3.17. The quantitative estimate of drug-likeness (QED) is 0.633. The van der Waals surface area contributed by atoms with E-state index >= 15 is 0 Å². The largest absolute Gasteiger partial charge is 0.481 e. The van der Waals surface area contributed by atoms with Crippen molar-refractivity contribution in [2.45, 2.75) is 34.1 Å². The molecule has 1 aliphatic rings. The van der Waals surface area contributed by atoms with Gasteiger partial charge in [0.15, 0.2) is 0 Å². The fraction of sp³-hybridized carbons (Fsp3) is 0.727. The Morgan fingerprint density at radius 1 is 1.62 bits per heavy atom. The van der Waals surface area contributed by atoms with Crippen molar-refractivity contribution in [3.05, 3.63) is 11.6 Å². The molecule has 2 heteroatoms. The fourth-order valence-corrected chi connectivity index (χ4v) is 2.17. The second-order valence-corrected chi connectivity index (χ2v) is 4.68. The van der Waals surface area contributed by atoms with Gasteiger partial charge in [0, 0.05) is 0 Å². The third-order valence-electron chi connectivity index (χ3n) is 3.51. The summed E-state index contributed by atoms with van der Waals surface area (Å²) < 4.78 is 0. The van der Waals surface area contributed by atoms with Crippen LogP contribution < -0.4 is 0 Å². The highest BCUT2D eigenvalue weighted by Crippen LogP contribution is 2.44. The van der Waals surface area contributed by atoms with Crippen LogP contribution in [0.4, 0.5) is 0 Å². The van der Waals surface area contributed by atoms with Crippen molar-refractivity contribution in [2.24, 2.45) is 17.3 Å². The minimum atomic E-state index is -0.690. The van der Waals surface area contributed by atoms with Gasteiger partial charge in [-0.05, 0) is 24.7 Å². The number of hydrogen-bond donors (Lipinski definition) is 1. The highest BCUT2D eigenvalue weighted by molar-refractivity contribution is 5.74. The molecule has 1 N–H and O–H groups in total. The summed E-state index contributed by atoms with van der Waals surface area (Å²) in [7, 11) is 0. The molecule has 0 amide bonds. The van der Waals surface area contributed by atoms with E-state index in [1.165, 1.54) is 0 Å². The molecule has 0 aromatic rings. The van der Waals surface area contributed by atoms with Crippen molar-refractivity contribution in [1.29, 1.82) is 0 Å². The number of allylic oxidation sites excluding steroid dienone is 1. The topological polar surface area (TPSA) is 37.3 Å².